The van der Waals surface area contributed by atoms with E-state index in [9.17, 15) is 4.79 Å². The molecule has 86 valence electrons. The molecule has 0 heterocycles. The Hall–Kier alpha value is -1.77. The maximum absolute atomic E-state index is 11.3. The zero-order chi connectivity index (χ0) is 12.0. The molecule has 3 heteroatoms. The van der Waals surface area contributed by atoms with Crippen LogP contribution >= 0.6 is 0 Å². The molecule has 0 radical (unpaired) electrons. The Bertz CT molecular complexity index is 386. The minimum Gasteiger partial charge on any atom is -0.376 e. The first kappa shape index (κ1) is 12.3. The SMILES string of the molecule is C=CCNC(=O)CNc1ccc(C)c(C)c1. The van der Waals surface area contributed by atoms with Crippen LogP contribution in [0, 0.1) is 13.8 Å². The van der Waals surface area contributed by atoms with Crippen molar-refractivity contribution in [2.24, 2.45) is 0 Å². The molecule has 0 atom stereocenters. The van der Waals surface area contributed by atoms with Gasteiger partial charge in [-0.25, -0.2) is 0 Å². The lowest BCUT2D eigenvalue weighted by molar-refractivity contribution is -0.119. The summed E-state index contributed by atoms with van der Waals surface area (Å²) in [6.07, 6.45) is 1.66. The molecule has 0 aliphatic rings. The van der Waals surface area contributed by atoms with E-state index in [2.05, 4.69) is 31.1 Å². The van der Waals surface area contributed by atoms with Crippen molar-refractivity contribution in [2.75, 3.05) is 18.4 Å². The van der Waals surface area contributed by atoms with E-state index in [1.807, 2.05) is 18.2 Å². The number of anilines is 1. The fraction of sp³-hybridized carbons (Fsp3) is 0.308. The molecule has 1 aromatic rings. The van der Waals surface area contributed by atoms with Crippen molar-refractivity contribution < 1.29 is 4.79 Å². The lowest BCUT2D eigenvalue weighted by atomic mass is 10.1. The van der Waals surface area contributed by atoms with Crippen LogP contribution in [0.2, 0.25) is 0 Å². The number of rotatable bonds is 5. The van der Waals surface area contributed by atoms with Gasteiger partial charge >= 0.3 is 0 Å². The number of carbonyl (C=O) groups excluding carboxylic acids is 1. The Labute approximate surface area is 96.6 Å². The third kappa shape index (κ3) is 3.77. The molecule has 1 aromatic carbocycles. The average molecular weight is 218 g/mol. The van der Waals surface area contributed by atoms with E-state index < -0.39 is 0 Å². The van der Waals surface area contributed by atoms with Crippen LogP contribution < -0.4 is 10.6 Å². The number of carbonyl (C=O) groups is 1. The largest absolute Gasteiger partial charge is 0.376 e. The van der Waals surface area contributed by atoms with Gasteiger partial charge < -0.3 is 10.6 Å². The third-order valence-electron chi connectivity index (χ3n) is 2.40. The molecule has 0 bridgehead atoms. The zero-order valence-corrected chi connectivity index (χ0v) is 9.84. The minimum atomic E-state index is -0.0295. The molecule has 0 saturated heterocycles. The summed E-state index contributed by atoms with van der Waals surface area (Å²) in [5, 5.41) is 5.78. The van der Waals surface area contributed by atoms with Crippen molar-refractivity contribution in [1.82, 2.24) is 5.32 Å². The smallest absolute Gasteiger partial charge is 0.239 e. The third-order valence-corrected chi connectivity index (χ3v) is 2.40. The van der Waals surface area contributed by atoms with E-state index in [0.29, 0.717) is 6.54 Å². The van der Waals surface area contributed by atoms with E-state index >= 15 is 0 Å². The van der Waals surface area contributed by atoms with Gasteiger partial charge in [0, 0.05) is 12.2 Å². The van der Waals surface area contributed by atoms with Crippen molar-refractivity contribution in [1.29, 1.82) is 0 Å². The first-order valence-corrected chi connectivity index (χ1v) is 5.32. The predicted octanol–water partition coefficient (Wildman–Crippen LogP) is 2.02. The van der Waals surface area contributed by atoms with Crippen molar-refractivity contribution >= 4 is 11.6 Å². The van der Waals surface area contributed by atoms with E-state index in [-0.39, 0.29) is 12.5 Å². The lowest BCUT2D eigenvalue weighted by Crippen LogP contribution is -2.29. The van der Waals surface area contributed by atoms with Crippen LogP contribution in [-0.4, -0.2) is 19.0 Å². The van der Waals surface area contributed by atoms with Crippen LogP contribution in [0.15, 0.2) is 30.9 Å². The highest BCUT2D eigenvalue weighted by Gasteiger charge is 2.00. The van der Waals surface area contributed by atoms with Crippen LogP contribution in [0.4, 0.5) is 5.69 Å². The normalized spacial score (nSPS) is 9.62. The van der Waals surface area contributed by atoms with E-state index in [4.69, 9.17) is 0 Å². The number of benzene rings is 1. The van der Waals surface area contributed by atoms with Gasteiger partial charge in [0.05, 0.1) is 6.54 Å². The maximum Gasteiger partial charge on any atom is 0.239 e. The second-order valence-corrected chi connectivity index (χ2v) is 3.75. The summed E-state index contributed by atoms with van der Waals surface area (Å²) in [7, 11) is 0. The first-order chi connectivity index (χ1) is 7.63. The van der Waals surface area contributed by atoms with E-state index in [1.54, 1.807) is 6.08 Å². The Balaban J connectivity index is 2.45. The van der Waals surface area contributed by atoms with Crippen molar-refractivity contribution in [3.05, 3.63) is 42.0 Å². The molecule has 0 saturated carbocycles. The van der Waals surface area contributed by atoms with Crippen LogP contribution in [0.3, 0.4) is 0 Å². The Morgan fingerprint density at radius 1 is 1.38 bits per heavy atom. The van der Waals surface area contributed by atoms with Gasteiger partial charge in [0.25, 0.3) is 0 Å². The van der Waals surface area contributed by atoms with Gasteiger partial charge in [-0.15, -0.1) is 6.58 Å². The van der Waals surface area contributed by atoms with Gasteiger partial charge in [-0.1, -0.05) is 12.1 Å². The second-order valence-electron chi connectivity index (χ2n) is 3.75. The van der Waals surface area contributed by atoms with E-state index in [0.717, 1.165) is 5.69 Å². The molecule has 1 amide bonds. The molecule has 2 N–H and O–H groups in total. The highest BCUT2D eigenvalue weighted by Crippen LogP contribution is 2.13. The molecular weight excluding hydrogens is 200 g/mol. The molecular formula is C13H18N2O. The van der Waals surface area contributed by atoms with Gasteiger partial charge in [-0.05, 0) is 37.1 Å². The van der Waals surface area contributed by atoms with Crippen LogP contribution in [0.1, 0.15) is 11.1 Å². The highest BCUT2D eigenvalue weighted by molar-refractivity contribution is 5.80. The van der Waals surface area contributed by atoms with Gasteiger partial charge in [0.15, 0.2) is 0 Å². The van der Waals surface area contributed by atoms with Crippen LogP contribution in [0.5, 0.6) is 0 Å². The zero-order valence-electron chi connectivity index (χ0n) is 9.84. The van der Waals surface area contributed by atoms with Gasteiger partial charge in [0.1, 0.15) is 0 Å². The summed E-state index contributed by atoms with van der Waals surface area (Å²) in [6.45, 7) is 8.45. The number of hydrogen-bond acceptors (Lipinski definition) is 2. The summed E-state index contributed by atoms with van der Waals surface area (Å²) in [6, 6.07) is 6.05. The van der Waals surface area contributed by atoms with Crippen LogP contribution in [0.25, 0.3) is 0 Å². The molecule has 0 aromatic heterocycles. The monoisotopic (exact) mass is 218 g/mol. The summed E-state index contributed by atoms with van der Waals surface area (Å²) in [5.74, 6) is -0.0295. The maximum atomic E-state index is 11.3. The number of nitrogens with one attached hydrogen (secondary N) is 2. The molecule has 0 aliphatic heterocycles. The molecule has 16 heavy (non-hydrogen) atoms. The number of hydrogen-bond donors (Lipinski definition) is 2. The van der Waals surface area contributed by atoms with Crippen molar-refractivity contribution in [2.45, 2.75) is 13.8 Å². The number of aryl methyl sites for hydroxylation is 2. The lowest BCUT2D eigenvalue weighted by Gasteiger charge is -2.08. The number of amides is 1. The molecule has 0 unspecified atom stereocenters. The summed E-state index contributed by atoms with van der Waals surface area (Å²) < 4.78 is 0. The Morgan fingerprint density at radius 3 is 2.75 bits per heavy atom. The van der Waals surface area contributed by atoms with Gasteiger partial charge in [-0.3, -0.25) is 4.79 Å². The standard InChI is InChI=1S/C13H18N2O/c1-4-7-14-13(16)9-15-12-6-5-10(2)11(3)8-12/h4-6,8,15H,1,7,9H2,2-3H3,(H,14,16). The average Bonchev–Trinajstić information content (AvgIpc) is 2.28. The molecule has 0 spiro atoms. The van der Waals surface area contributed by atoms with Gasteiger partial charge in [0.2, 0.25) is 5.91 Å². The van der Waals surface area contributed by atoms with E-state index in [1.165, 1.54) is 11.1 Å². The molecule has 0 aliphatic carbocycles. The molecule has 3 nitrogen and oxygen atoms in total. The van der Waals surface area contributed by atoms with Gasteiger partial charge in [-0.2, -0.15) is 0 Å². The fourth-order valence-corrected chi connectivity index (χ4v) is 1.28. The summed E-state index contributed by atoms with van der Waals surface area (Å²) >= 11 is 0. The first-order valence-electron chi connectivity index (χ1n) is 5.32. The summed E-state index contributed by atoms with van der Waals surface area (Å²) in [5.41, 5.74) is 3.44. The summed E-state index contributed by atoms with van der Waals surface area (Å²) in [4.78, 5) is 11.3. The Kier molecular flexibility index (Phi) is 4.58. The van der Waals surface area contributed by atoms with Crippen molar-refractivity contribution in [3.63, 3.8) is 0 Å². The Morgan fingerprint density at radius 2 is 2.12 bits per heavy atom. The molecule has 0 fully saturated rings. The fourth-order valence-electron chi connectivity index (χ4n) is 1.28. The van der Waals surface area contributed by atoms with Crippen molar-refractivity contribution in [3.8, 4) is 0 Å². The topological polar surface area (TPSA) is 41.1 Å². The second kappa shape index (κ2) is 5.95. The molecule has 1 rings (SSSR count). The minimum absolute atomic E-state index is 0.0295. The predicted molar refractivity (Wildman–Crippen MR) is 67.6 cm³/mol. The quantitative estimate of drug-likeness (QED) is 0.742. The highest BCUT2D eigenvalue weighted by atomic mass is 16.1. The van der Waals surface area contributed by atoms with Crippen LogP contribution in [-0.2, 0) is 4.79 Å².